The first-order chi connectivity index (χ1) is 7.09. The Morgan fingerprint density at radius 1 is 1.33 bits per heavy atom. The van der Waals surface area contributed by atoms with Crippen LogP contribution in [0.3, 0.4) is 0 Å². The molecule has 0 aromatic heterocycles. The normalized spacial score (nSPS) is 16.8. The molecule has 0 bridgehead atoms. The molecule has 1 N–H and O–H groups in total. The van der Waals surface area contributed by atoms with E-state index in [1.165, 1.54) is 4.90 Å². The van der Waals surface area contributed by atoms with Crippen molar-refractivity contribution in [3.05, 3.63) is 0 Å². The average Bonchev–Trinajstić information content (AvgIpc) is 2.17. The number of hydrogen-bond donors (Lipinski definition) is 1. The smallest absolute Gasteiger partial charge is 0.317 e. The minimum Gasteiger partial charge on any atom is -0.480 e. The Hall–Kier alpha value is -1.14. The van der Waals surface area contributed by atoms with E-state index >= 15 is 0 Å². The van der Waals surface area contributed by atoms with Gasteiger partial charge in [-0.1, -0.05) is 0 Å². The number of carbonyl (C=O) groups excluding carboxylic acids is 1. The van der Waals surface area contributed by atoms with Crippen LogP contribution in [-0.2, 0) is 14.3 Å². The Labute approximate surface area is 88.4 Å². The molecule has 1 amide bonds. The Morgan fingerprint density at radius 3 is 2.47 bits per heavy atom. The second-order valence-electron chi connectivity index (χ2n) is 3.56. The van der Waals surface area contributed by atoms with Crippen molar-refractivity contribution >= 4 is 11.9 Å². The van der Waals surface area contributed by atoms with Gasteiger partial charge in [0.2, 0.25) is 5.91 Å². The highest BCUT2D eigenvalue weighted by Crippen LogP contribution is 1.98. The number of rotatable bonds is 4. The minimum absolute atomic E-state index is 0.0398. The largest absolute Gasteiger partial charge is 0.480 e. The van der Waals surface area contributed by atoms with Crippen LogP contribution in [0.25, 0.3) is 0 Å². The van der Waals surface area contributed by atoms with Gasteiger partial charge in [0.15, 0.2) is 0 Å². The summed E-state index contributed by atoms with van der Waals surface area (Å²) in [7, 11) is 1.62. The number of aliphatic carboxylic acids is 1. The van der Waals surface area contributed by atoms with Crippen LogP contribution in [0.15, 0.2) is 0 Å². The standard InChI is InChI=1S/C9H16N2O4/c1-10(7-9(13)14)6-8(12)11-2-4-15-5-3-11/h2-7H2,1H3,(H,13,14). The van der Waals surface area contributed by atoms with Crippen molar-refractivity contribution < 1.29 is 19.4 Å². The van der Waals surface area contributed by atoms with Crippen LogP contribution in [-0.4, -0.2) is 73.2 Å². The maximum atomic E-state index is 11.6. The van der Waals surface area contributed by atoms with Gasteiger partial charge in [-0.25, -0.2) is 0 Å². The van der Waals surface area contributed by atoms with Gasteiger partial charge >= 0.3 is 5.97 Å². The summed E-state index contributed by atoms with van der Waals surface area (Å²) >= 11 is 0. The third kappa shape index (κ3) is 4.26. The number of likely N-dealkylation sites (N-methyl/N-ethyl adjacent to an activating group) is 1. The van der Waals surface area contributed by atoms with E-state index in [1.54, 1.807) is 11.9 Å². The van der Waals surface area contributed by atoms with E-state index in [-0.39, 0.29) is 19.0 Å². The molecule has 6 nitrogen and oxygen atoms in total. The maximum absolute atomic E-state index is 11.6. The molecule has 0 aliphatic carbocycles. The van der Waals surface area contributed by atoms with Gasteiger partial charge in [-0.05, 0) is 7.05 Å². The number of hydrogen-bond acceptors (Lipinski definition) is 4. The van der Waals surface area contributed by atoms with Crippen molar-refractivity contribution in [1.82, 2.24) is 9.80 Å². The number of carbonyl (C=O) groups is 2. The van der Waals surface area contributed by atoms with Gasteiger partial charge in [-0.15, -0.1) is 0 Å². The highest BCUT2D eigenvalue weighted by Gasteiger charge is 2.18. The van der Waals surface area contributed by atoms with Crippen LogP contribution < -0.4 is 0 Å². The molecule has 1 aliphatic heterocycles. The van der Waals surface area contributed by atoms with Crippen LogP contribution in [0.4, 0.5) is 0 Å². The van der Waals surface area contributed by atoms with Gasteiger partial charge in [0, 0.05) is 13.1 Å². The van der Waals surface area contributed by atoms with Gasteiger partial charge in [0.1, 0.15) is 0 Å². The summed E-state index contributed by atoms with van der Waals surface area (Å²) in [5, 5.41) is 8.52. The highest BCUT2D eigenvalue weighted by molar-refractivity contribution is 5.79. The highest BCUT2D eigenvalue weighted by atomic mass is 16.5. The fourth-order valence-corrected chi connectivity index (χ4v) is 1.43. The third-order valence-corrected chi connectivity index (χ3v) is 2.17. The molecular formula is C9H16N2O4. The van der Waals surface area contributed by atoms with Crippen molar-refractivity contribution in [2.45, 2.75) is 0 Å². The Balaban J connectivity index is 2.30. The average molecular weight is 216 g/mol. The number of morpholine rings is 1. The van der Waals surface area contributed by atoms with E-state index in [0.29, 0.717) is 26.3 Å². The van der Waals surface area contributed by atoms with Gasteiger partial charge in [-0.2, -0.15) is 0 Å². The predicted octanol–water partition coefficient (Wildman–Crippen LogP) is -1.14. The fourth-order valence-electron chi connectivity index (χ4n) is 1.43. The lowest BCUT2D eigenvalue weighted by atomic mass is 10.4. The summed E-state index contributed by atoms with van der Waals surface area (Å²) in [6.45, 7) is 2.35. The summed E-state index contributed by atoms with van der Waals surface area (Å²) in [5.74, 6) is -0.964. The second kappa shape index (κ2) is 5.67. The van der Waals surface area contributed by atoms with Crippen LogP contribution in [0.1, 0.15) is 0 Å². The maximum Gasteiger partial charge on any atom is 0.317 e. The summed E-state index contributed by atoms with van der Waals surface area (Å²) in [6.07, 6.45) is 0. The van der Waals surface area contributed by atoms with Gasteiger partial charge in [0.25, 0.3) is 0 Å². The Bertz CT molecular complexity index is 238. The summed E-state index contributed by atoms with van der Waals surface area (Å²) < 4.78 is 5.12. The van der Waals surface area contributed by atoms with Gasteiger partial charge in [0.05, 0.1) is 26.3 Å². The van der Waals surface area contributed by atoms with Gasteiger partial charge in [-0.3, -0.25) is 14.5 Å². The lowest BCUT2D eigenvalue weighted by molar-refractivity contribution is -0.140. The van der Waals surface area contributed by atoms with Crippen molar-refractivity contribution in [3.8, 4) is 0 Å². The van der Waals surface area contributed by atoms with E-state index in [2.05, 4.69) is 0 Å². The van der Waals surface area contributed by atoms with E-state index in [9.17, 15) is 9.59 Å². The lowest BCUT2D eigenvalue weighted by Gasteiger charge is -2.28. The minimum atomic E-state index is -0.924. The van der Waals surface area contributed by atoms with E-state index < -0.39 is 5.97 Å². The monoisotopic (exact) mass is 216 g/mol. The molecule has 1 aliphatic rings. The quantitative estimate of drug-likeness (QED) is 0.643. The molecular weight excluding hydrogens is 200 g/mol. The molecule has 0 saturated carbocycles. The summed E-state index contributed by atoms with van der Waals surface area (Å²) in [5.41, 5.74) is 0. The second-order valence-corrected chi connectivity index (χ2v) is 3.56. The Kier molecular flexibility index (Phi) is 4.51. The molecule has 0 spiro atoms. The van der Waals surface area contributed by atoms with E-state index in [4.69, 9.17) is 9.84 Å². The molecule has 86 valence electrons. The van der Waals surface area contributed by atoms with E-state index in [1.807, 2.05) is 0 Å². The molecule has 1 saturated heterocycles. The number of amides is 1. The topological polar surface area (TPSA) is 70.1 Å². The van der Waals surface area contributed by atoms with E-state index in [0.717, 1.165) is 0 Å². The van der Waals surface area contributed by atoms with Crippen molar-refractivity contribution in [3.63, 3.8) is 0 Å². The summed E-state index contributed by atoms with van der Waals surface area (Å²) in [6, 6.07) is 0. The number of nitrogens with zero attached hydrogens (tertiary/aromatic N) is 2. The molecule has 1 heterocycles. The zero-order chi connectivity index (χ0) is 11.3. The molecule has 15 heavy (non-hydrogen) atoms. The SMILES string of the molecule is CN(CC(=O)O)CC(=O)N1CCOCC1. The number of carboxylic acids is 1. The fraction of sp³-hybridized carbons (Fsp3) is 0.778. The predicted molar refractivity (Wildman–Crippen MR) is 52.5 cm³/mol. The number of ether oxygens (including phenoxy) is 1. The first kappa shape index (κ1) is 11.9. The first-order valence-corrected chi connectivity index (χ1v) is 4.85. The molecule has 1 fully saturated rings. The van der Waals surface area contributed by atoms with Crippen LogP contribution in [0, 0.1) is 0 Å². The van der Waals surface area contributed by atoms with Crippen LogP contribution in [0.2, 0.25) is 0 Å². The molecule has 0 unspecified atom stereocenters. The van der Waals surface area contributed by atoms with Crippen LogP contribution >= 0.6 is 0 Å². The molecule has 1 rings (SSSR count). The molecule has 6 heteroatoms. The zero-order valence-corrected chi connectivity index (χ0v) is 8.81. The van der Waals surface area contributed by atoms with Crippen molar-refractivity contribution in [2.24, 2.45) is 0 Å². The first-order valence-electron chi connectivity index (χ1n) is 4.85. The molecule has 0 atom stereocenters. The Morgan fingerprint density at radius 2 is 1.93 bits per heavy atom. The zero-order valence-electron chi connectivity index (χ0n) is 8.81. The molecule has 0 radical (unpaired) electrons. The summed E-state index contributed by atoms with van der Waals surface area (Å²) in [4.78, 5) is 25.2. The van der Waals surface area contributed by atoms with Crippen molar-refractivity contribution in [2.75, 3.05) is 46.4 Å². The lowest BCUT2D eigenvalue weighted by Crippen LogP contribution is -2.45. The van der Waals surface area contributed by atoms with Crippen molar-refractivity contribution in [1.29, 1.82) is 0 Å². The number of carboxylic acid groups (broad SMARTS) is 1. The third-order valence-electron chi connectivity index (χ3n) is 2.17. The van der Waals surface area contributed by atoms with Crippen LogP contribution in [0.5, 0.6) is 0 Å². The molecule has 0 aromatic carbocycles. The molecule has 0 aromatic rings. The van der Waals surface area contributed by atoms with Gasteiger partial charge < -0.3 is 14.7 Å².